The van der Waals surface area contributed by atoms with E-state index in [1.807, 2.05) is 19.1 Å². The lowest BCUT2D eigenvalue weighted by atomic mass is 10.2. The number of alkyl halides is 1. The summed E-state index contributed by atoms with van der Waals surface area (Å²) in [5.74, 6) is 1.33. The van der Waals surface area contributed by atoms with E-state index in [1.165, 1.54) is 4.90 Å². The van der Waals surface area contributed by atoms with Crippen molar-refractivity contribution in [3.63, 3.8) is 0 Å². The van der Waals surface area contributed by atoms with Crippen LogP contribution in [0.15, 0.2) is 24.3 Å². The minimum atomic E-state index is -1.08. The van der Waals surface area contributed by atoms with Crippen LogP contribution in [0.1, 0.15) is 13.3 Å². The Hall–Kier alpha value is -2.02. The molecule has 1 aliphatic rings. The van der Waals surface area contributed by atoms with E-state index in [9.17, 15) is 14.3 Å². The molecule has 1 fully saturated rings. The summed E-state index contributed by atoms with van der Waals surface area (Å²) in [6.45, 7) is 1.89. The minimum Gasteiger partial charge on any atom is -0.497 e. The Morgan fingerprint density at radius 1 is 1.52 bits per heavy atom. The fraction of sp³-hybridized carbons (Fsp3) is 0.562. The van der Waals surface area contributed by atoms with Gasteiger partial charge in [-0.1, -0.05) is 6.07 Å². The van der Waals surface area contributed by atoms with Crippen molar-refractivity contribution in [3.8, 4) is 11.5 Å². The van der Waals surface area contributed by atoms with Gasteiger partial charge in [-0.05, 0) is 19.1 Å². The lowest BCUT2D eigenvalue weighted by molar-refractivity contribution is 0.151. The van der Waals surface area contributed by atoms with Crippen LogP contribution in [0, 0.1) is 0 Å². The van der Waals surface area contributed by atoms with E-state index < -0.39 is 12.2 Å². The van der Waals surface area contributed by atoms with Crippen molar-refractivity contribution in [2.24, 2.45) is 0 Å². The van der Waals surface area contributed by atoms with Crippen molar-refractivity contribution in [2.75, 3.05) is 26.8 Å². The number of benzene rings is 1. The van der Waals surface area contributed by atoms with Gasteiger partial charge in [-0.15, -0.1) is 0 Å². The van der Waals surface area contributed by atoms with Crippen molar-refractivity contribution < 1.29 is 23.8 Å². The second kappa shape index (κ2) is 8.01. The monoisotopic (exact) mass is 326 g/mol. The zero-order valence-corrected chi connectivity index (χ0v) is 13.4. The first kappa shape index (κ1) is 17.3. The Morgan fingerprint density at radius 3 is 2.96 bits per heavy atom. The summed E-state index contributed by atoms with van der Waals surface area (Å²) in [6.07, 6.45) is -1.16. The molecule has 23 heavy (non-hydrogen) atoms. The highest BCUT2D eigenvalue weighted by atomic mass is 19.1. The summed E-state index contributed by atoms with van der Waals surface area (Å²) in [6, 6.07) is 6.35. The number of likely N-dealkylation sites (tertiary alicyclic amines) is 1. The first-order chi connectivity index (χ1) is 11.0. The van der Waals surface area contributed by atoms with E-state index in [1.54, 1.807) is 19.2 Å². The van der Waals surface area contributed by atoms with E-state index in [0.29, 0.717) is 11.5 Å². The number of halogens is 1. The van der Waals surface area contributed by atoms with Crippen LogP contribution < -0.4 is 14.8 Å². The summed E-state index contributed by atoms with van der Waals surface area (Å²) in [5.41, 5.74) is 0. The van der Waals surface area contributed by atoms with Crippen LogP contribution in [0.25, 0.3) is 0 Å². The molecule has 0 aliphatic carbocycles. The van der Waals surface area contributed by atoms with Crippen molar-refractivity contribution in [3.05, 3.63) is 24.3 Å². The number of nitrogens with zero attached hydrogens (tertiary/aromatic N) is 1. The molecular formula is C16H23FN2O4. The molecule has 2 N–H and O–H groups in total. The fourth-order valence-electron chi connectivity index (χ4n) is 2.56. The minimum absolute atomic E-state index is 0.0161. The van der Waals surface area contributed by atoms with E-state index in [4.69, 9.17) is 9.47 Å². The molecule has 0 spiro atoms. The Morgan fingerprint density at radius 2 is 2.26 bits per heavy atom. The Bertz CT molecular complexity index is 529. The summed E-state index contributed by atoms with van der Waals surface area (Å²) < 4.78 is 24.2. The van der Waals surface area contributed by atoms with E-state index in [0.717, 1.165) is 0 Å². The number of urea groups is 1. The van der Waals surface area contributed by atoms with Crippen molar-refractivity contribution in [1.29, 1.82) is 0 Å². The van der Waals surface area contributed by atoms with E-state index in [-0.39, 0.29) is 38.3 Å². The highest BCUT2D eigenvalue weighted by molar-refractivity contribution is 5.75. The molecule has 2 rings (SSSR count). The Balaban J connectivity index is 1.81. The molecule has 0 bridgehead atoms. The number of aliphatic hydroxyl groups excluding tert-OH is 1. The van der Waals surface area contributed by atoms with Gasteiger partial charge in [0.25, 0.3) is 0 Å². The topological polar surface area (TPSA) is 71.0 Å². The first-order valence-corrected chi connectivity index (χ1v) is 7.63. The second-order valence-electron chi connectivity index (χ2n) is 5.62. The average Bonchev–Trinajstić information content (AvgIpc) is 2.94. The van der Waals surface area contributed by atoms with E-state index in [2.05, 4.69) is 5.32 Å². The number of carbonyl (C=O) groups excluding carboxylic acids is 1. The van der Waals surface area contributed by atoms with Gasteiger partial charge in [-0.25, -0.2) is 9.18 Å². The predicted octanol–water partition coefficient (Wildman–Crippen LogP) is 1.58. The van der Waals surface area contributed by atoms with Gasteiger partial charge in [0, 0.05) is 12.5 Å². The average molecular weight is 326 g/mol. The summed E-state index contributed by atoms with van der Waals surface area (Å²) in [4.78, 5) is 13.4. The first-order valence-electron chi connectivity index (χ1n) is 7.63. The van der Waals surface area contributed by atoms with Crippen LogP contribution in [-0.2, 0) is 0 Å². The summed E-state index contributed by atoms with van der Waals surface area (Å²) in [5, 5.41) is 11.9. The summed E-state index contributed by atoms with van der Waals surface area (Å²) >= 11 is 0. The van der Waals surface area contributed by atoms with Gasteiger partial charge in [0.1, 0.15) is 23.8 Å². The third-order valence-electron chi connectivity index (χ3n) is 3.75. The third-order valence-corrected chi connectivity index (χ3v) is 3.75. The van der Waals surface area contributed by atoms with Gasteiger partial charge < -0.3 is 24.8 Å². The number of rotatable bonds is 6. The van der Waals surface area contributed by atoms with Crippen LogP contribution in [0.4, 0.5) is 9.18 Å². The van der Waals surface area contributed by atoms with Gasteiger partial charge in [-0.2, -0.15) is 0 Å². The molecule has 128 valence electrons. The normalized spacial score (nSPS) is 21.8. The fourth-order valence-corrected chi connectivity index (χ4v) is 2.56. The number of hydrogen-bond donors (Lipinski definition) is 2. The zero-order valence-electron chi connectivity index (χ0n) is 13.4. The Kier molecular flexibility index (Phi) is 6.04. The molecular weight excluding hydrogens is 303 g/mol. The molecule has 0 aromatic heterocycles. The molecule has 1 aromatic rings. The van der Waals surface area contributed by atoms with Crippen molar-refractivity contribution in [1.82, 2.24) is 10.2 Å². The number of carbonyl (C=O) groups is 1. The SMILES string of the molecule is COc1cccc(OC(C)CNC(=O)N2CC(F)CC2CO)c1. The molecule has 3 atom stereocenters. The smallest absolute Gasteiger partial charge is 0.317 e. The third kappa shape index (κ3) is 4.72. The highest BCUT2D eigenvalue weighted by Gasteiger charge is 2.34. The van der Waals surface area contributed by atoms with Crippen LogP contribution in [-0.4, -0.2) is 61.2 Å². The van der Waals surface area contributed by atoms with Crippen LogP contribution in [0.3, 0.4) is 0 Å². The largest absolute Gasteiger partial charge is 0.497 e. The molecule has 1 aliphatic heterocycles. The molecule has 1 aromatic carbocycles. The number of nitrogens with one attached hydrogen (secondary N) is 1. The standard InChI is InChI=1S/C16H23FN2O4/c1-11(23-15-5-3-4-14(7-15)22-2)8-18-16(21)19-9-12(17)6-13(19)10-20/h3-5,7,11-13,20H,6,8-10H2,1-2H3,(H,18,21). The molecule has 0 radical (unpaired) electrons. The van der Waals surface area contributed by atoms with Gasteiger partial charge in [0.05, 0.1) is 32.8 Å². The maximum atomic E-state index is 13.4. The second-order valence-corrected chi connectivity index (χ2v) is 5.62. The maximum Gasteiger partial charge on any atom is 0.317 e. The number of hydrogen-bond acceptors (Lipinski definition) is 4. The van der Waals surface area contributed by atoms with Crippen molar-refractivity contribution >= 4 is 6.03 Å². The van der Waals surface area contributed by atoms with E-state index >= 15 is 0 Å². The zero-order chi connectivity index (χ0) is 16.8. The molecule has 7 heteroatoms. The molecule has 2 amide bonds. The van der Waals surface area contributed by atoms with Crippen LogP contribution in [0.2, 0.25) is 0 Å². The number of amides is 2. The number of methoxy groups -OCH3 is 1. The van der Waals surface area contributed by atoms with Gasteiger partial charge >= 0.3 is 6.03 Å². The highest BCUT2D eigenvalue weighted by Crippen LogP contribution is 2.21. The number of aliphatic hydroxyl groups is 1. The molecule has 3 unspecified atom stereocenters. The van der Waals surface area contributed by atoms with Crippen molar-refractivity contribution in [2.45, 2.75) is 31.7 Å². The van der Waals surface area contributed by atoms with Crippen LogP contribution in [0.5, 0.6) is 11.5 Å². The molecule has 1 saturated heterocycles. The molecule has 0 saturated carbocycles. The lowest BCUT2D eigenvalue weighted by Crippen LogP contribution is -2.46. The summed E-state index contributed by atoms with van der Waals surface area (Å²) in [7, 11) is 1.58. The quantitative estimate of drug-likeness (QED) is 0.832. The lowest BCUT2D eigenvalue weighted by Gasteiger charge is -2.24. The van der Waals surface area contributed by atoms with Gasteiger partial charge in [0.2, 0.25) is 0 Å². The van der Waals surface area contributed by atoms with Crippen LogP contribution >= 0.6 is 0 Å². The molecule has 1 heterocycles. The predicted molar refractivity (Wildman–Crippen MR) is 83.6 cm³/mol. The maximum absolute atomic E-state index is 13.4. The Labute approximate surface area is 135 Å². The number of ether oxygens (including phenoxy) is 2. The van der Waals surface area contributed by atoms with Gasteiger partial charge in [-0.3, -0.25) is 0 Å². The van der Waals surface area contributed by atoms with Gasteiger partial charge in [0.15, 0.2) is 0 Å². The molecule has 6 nitrogen and oxygen atoms in total.